The normalized spacial score (nSPS) is 20.1. The van der Waals surface area contributed by atoms with Gasteiger partial charge in [0.1, 0.15) is 0 Å². The van der Waals surface area contributed by atoms with Gasteiger partial charge in [-0.25, -0.2) is 0 Å². The summed E-state index contributed by atoms with van der Waals surface area (Å²) in [5.41, 5.74) is 1.73. The molecule has 2 rings (SSSR count). The number of hydrogen-bond donors (Lipinski definition) is 2. The van der Waals surface area contributed by atoms with Crippen molar-refractivity contribution in [3.63, 3.8) is 0 Å². The van der Waals surface area contributed by atoms with Gasteiger partial charge in [-0.1, -0.05) is 18.5 Å². The molecule has 1 aromatic rings. The minimum absolute atomic E-state index is 0.0497. The van der Waals surface area contributed by atoms with Gasteiger partial charge in [-0.05, 0) is 78.3 Å². The third-order valence-corrected chi connectivity index (χ3v) is 5.23. The Morgan fingerprint density at radius 3 is 3.00 bits per heavy atom. The lowest BCUT2D eigenvalue weighted by molar-refractivity contribution is -0.117. The molecule has 1 fully saturated rings. The molecular formula is C16H22BrClN2O. The van der Waals surface area contributed by atoms with Crippen LogP contribution in [0.1, 0.15) is 31.7 Å². The molecule has 0 aliphatic carbocycles. The van der Waals surface area contributed by atoms with Crippen molar-refractivity contribution < 1.29 is 4.79 Å². The number of anilines is 1. The van der Waals surface area contributed by atoms with Gasteiger partial charge in [0.15, 0.2) is 0 Å². The van der Waals surface area contributed by atoms with Crippen LogP contribution in [0.2, 0.25) is 5.02 Å². The summed E-state index contributed by atoms with van der Waals surface area (Å²) >= 11 is 9.59. The van der Waals surface area contributed by atoms with Gasteiger partial charge in [-0.2, -0.15) is 0 Å². The molecule has 1 amide bonds. The van der Waals surface area contributed by atoms with Crippen molar-refractivity contribution in [3.05, 3.63) is 27.2 Å². The molecule has 5 heteroatoms. The van der Waals surface area contributed by atoms with Crippen LogP contribution in [0.5, 0.6) is 0 Å². The summed E-state index contributed by atoms with van der Waals surface area (Å²) in [6.45, 7) is 6.23. The second kappa shape index (κ2) is 7.61. The fourth-order valence-electron chi connectivity index (χ4n) is 2.77. The molecule has 2 unspecified atom stereocenters. The molecule has 2 N–H and O–H groups in total. The van der Waals surface area contributed by atoms with Gasteiger partial charge in [0, 0.05) is 15.9 Å². The first-order valence-electron chi connectivity index (χ1n) is 7.43. The van der Waals surface area contributed by atoms with Crippen LogP contribution in [0.15, 0.2) is 16.6 Å². The minimum atomic E-state index is 0.0497. The molecule has 0 radical (unpaired) electrons. The summed E-state index contributed by atoms with van der Waals surface area (Å²) in [7, 11) is 0. The zero-order chi connectivity index (χ0) is 15.4. The third kappa shape index (κ3) is 4.70. The summed E-state index contributed by atoms with van der Waals surface area (Å²) in [6.07, 6.45) is 2.96. The highest BCUT2D eigenvalue weighted by Gasteiger charge is 2.22. The van der Waals surface area contributed by atoms with Crippen LogP contribution in [0.4, 0.5) is 5.69 Å². The van der Waals surface area contributed by atoms with Crippen molar-refractivity contribution in [1.29, 1.82) is 0 Å². The molecule has 116 valence electrons. The van der Waals surface area contributed by atoms with Gasteiger partial charge in [0.05, 0.1) is 5.69 Å². The van der Waals surface area contributed by atoms with Crippen LogP contribution >= 0.6 is 27.5 Å². The number of aryl methyl sites for hydroxylation is 1. The molecule has 1 aliphatic heterocycles. The van der Waals surface area contributed by atoms with Crippen LogP contribution in [0.3, 0.4) is 0 Å². The first kappa shape index (κ1) is 16.8. The number of nitrogens with one attached hydrogen (secondary N) is 2. The summed E-state index contributed by atoms with van der Waals surface area (Å²) in [6, 6.07) is 3.72. The van der Waals surface area contributed by atoms with Gasteiger partial charge in [-0.15, -0.1) is 0 Å². The fraction of sp³-hybridized carbons (Fsp3) is 0.562. The molecule has 0 bridgehead atoms. The predicted molar refractivity (Wildman–Crippen MR) is 91.9 cm³/mol. The number of hydrogen-bond acceptors (Lipinski definition) is 2. The largest absolute Gasteiger partial charge is 0.325 e. The molecule has 2 atom stereocenters. The van der Waals surface area contributed by atoms with Gasteiger partial charge in [-0.3, -0.25) is 4.79 Å². The van der Waals surface area contributed by atoms with E-state index < -0.39 is 0 Å². The Bertz CT molecular complexity index is 515. The number of halogens is 2. The predicted octanol–water partition coefficient (Wildman–Crippen LogP) is 4.38. The van der Waals surface area contributed by atoms with Crippen LogP contribution < -0.4 is 10.6 Å². The number of rotatable bonds is 4. The molecule has 0 aromatic heterocycles. The topological polar surface area (TPSA) is 41.1 Å². The molecule has 21 heavy (non-hydrogen) atoms. The van der Waals surface area contributed by atoms with E-state index in [2.05, 4.69) is 33.5 Å². The molecule has 0 saturated carbocycles. The Morgan fingerprint density at radius 1 is 1.57 bits per heavy atom. The smallest absolute Gasteiger partial charge is 0.224 e. The lowest BCUT2D eigenvalue weighted by Crippen LogP contribution is -2.34. The molecule has 3 nitrogen and oxygen atoms in total. The third-order valence-electron chi connectivity index (χ3n) is 4.17. The summed E-state index contributed by atoms with van der Waals surface area (Å²) < 4.78 is 0.865. The van der Waals surface area contributed by atoms with Crippen LogP contribution in [0.25, 0.3) is 0 Å². The Kier molecular flexibility index (Phi) is 6.08. The van der Waals surface area contributed by atoms with E-state index in [0.29, 0.717) is 23.3 Å². The lowest BCUT2D eigenvalue weighted by atomic mass is 9.85. The fourth-order valence-corrected chi connectivity index (χ4v) is 3.49. The SMILES string of the molecule is Cc1cc(Br)c(NC(=O)CC(C)C2CCCNC2)cc1Cl. The van der Waals surface area contributed by atoms with Crippen molar-refractivity contribution in [3.8, 4) is 0 Å². The van der Waals surface area contributed by atoms with Gasteiger partial charge in [0.25, 0.3) is 0 Å². The van der Waals surface area contributed by atoms with E-state index in [1.54, 1.807) is 6.07 Å². The van der Waals surface area contributed by atoms with E-state index in [4.69, 9.17) is 11.6 Å². The van der Waals surface area contributed by atoms with Crippen molar-refractivity contribution in [2.75, 3.05) is 18.4 Å². The second-order valence-corrected chi connectivity index (χ2v) is 7.18. The Labute approximate surface area is 140 Å². The van der Waals surface area contributed by atoms with Crippen LogP contribution in [-0.2, 0) is 4.79 Å². The Balaban J connectivity index is 1.93. The molecular weight excluding hydrogens is 352 g/mol. The highest BCUT2D eigenvalue weighted by atomic mass is 79.9. The molecule has 1 aliphatic rings. The average Bonchev–Trinajstić information content (AvgIpc) is 2.45. The van der Waals surface area contributed by atoms with Crippen molar-refractivity contribution >= 4 is 39.1 Å². The zero-order valence-corrected chi connectivity index (χ0v) is 14.9. The number of carbonyl (C=O) groups excluding carboxylic acids is 1. The Morgan fingerprint density at radius 2 is 2.33 bits per heavy atom. The molecule has 0 spiro atoms. The number of piperidine rings is 1. The second-order valence-electron chi connectivity index (χ2n) is 5.92. The monoisotopic (exact) mass is 372 g/mol. The maximum Gasteiger partial charge on any atom is 0.224 e. The highest BCUT2D eigenvalue weighted by molar-refractivity contribution is 9.10. The number of carbonyl (C=O) groups is 1. The summed E-state index contributed by atoms with van der Waals surface area (Å²) in [5.74, 6) is 1.03. The van der Waals surface area contributed by atoms with E-state index in [1.165, 1.54) is 12.8 Å². The number of benzene rings is 1. The van der Waals surface area contributed by atoms with E-state index in [-0.39, 0.29) is 5.91 Å². The number of amides is 1. The van der Waals surface area contributed by atoms with E-state index in [9.17, 15) is 4.79 Å². The van der Waals surface area contributed by atoms with Crippen LogP contribution in [-0.4, -0.2) is 19.0 Å². The van der Waals surface area contributed by atoms with E-state index >= 15 is 0 Å². The van der Waals surface area contributed by atoms with Gasteiger partial charge in [0.2, 0.25) is 5.91 Å². The highest BCUT2D eigenvalue weighted by Crippen LogP contribution is 2.30. The molecule has 1 aromatic carbocycles. The van der Waals surface area contributed by atoms with E-state index in [1.807, 2.05) is 13.0 Å². The van der Waals surface area contributed by atoms with Crippen molar-refractivity contribution in [1.82, 2.24) is 5.32 Å². The lowest BCUT2D eigenvalue weighted by Gasteiger charge is -2.28. The first-order chi connectivity index (χ1) is 9.97. The standard InChI is InChI=1S/C16H22BrClN2O/c1-10(12-4-3-5-19-9-12)7-16(21)20-15-8-14(18)11(2)6-13(15)17/h6,8,10,12,19H,3-5,7,9H2,1-2H3,(H,20,21). The molecule has 1 saturated heterocycles. The van der Waals surface area contributed by atoms with Gasteiger partial charge >= 0.3 is 0 Å². The maximum absolute atomic E-state index is 12.2. The van der Waals surface area contributed by atoms with E-state index in [0.717, 1.165) is 28.8 Å². The van der Waals surface area contributed by atoms with Crippen molar-refractivity contribution in [2.24, 2.45) is 11.8 Å². The summed E-state index contributed by atoms with van der Waals surface area (Å²) in [4.78, 5) is 12.2. The minimum Gasteiger partial charge on any atom is -0.325 e. The van der Waals surface area contributed by atoms with Gasteiger partial charge < -0.3 is 10.6 Å². The maximum atomic E-state index is 12.2. The first-order valence-corrected chi connectivity index (χ1v) is 8.60. The zero-order valence-electron chi connectivity index (χ0n) is 12.5. The van der Waals surface area contributed by atoms with Crippen molar-refractivity contribution in [2.45, 2.75) is 33.1 Å². The summed E-state index contributed by atoms with van der Waals surface area (Å²) in [5, 5.41) is 7.03. The Hall–Kier alpha value is -0.580. The molecule has 1 heterocycles. The quantitative estimate of drug-likeness (QED) is 0.822. The van der Waals surface area contributed by atoms with Crippen LogP contribution in [0, 0.1) is 18.8 Å². The average molecular weight is 374 g/mol.